The van der Waals surface area contributed by atoms with Crippen molar-refractivity contribution in [2.75, 3.05) is 19.6 Å². The molecule has 6 heteroatoms. The summed E-state index contributed by atoms with van der Waals surface area (Å²) in [7, 11) is 0. The van der Waals surface area contributed by atoms with Crippen LogP contribution < -0.4 is 5.32 Å². The second kappa shape index (κ2) is 9.41. The molecule has 2 aromatic carbocycles. The summed E-state index contributed by atoms with van der Waals surface area (Å²) in [4.78, 5) is 29.0. The number of likely N-dealkylation sites (tertiary alicyclic amines) is 1. The van der Waals surface area contributed by atoms with Gasteiger partial charge in [0.2, 0.25) is 5.91 Å². The first-order valence-electron chi connectivity index (χ1n) is 10.7. The van der Waals surface area contributed by atoms with Crippen LogP contribution in [0.4, 0.5) is 0 Å². The highest BCUT2D eigenvalue weighted by molar-refractivity contribution is 5.84. The third-order valence-corrected chi connectivity index (χ3v) is 6.20. The monoisotopic (exact) mass is 407 g/mol. The number of hydrogen-bond acceptors (Lipinski definition) is 4. The molecule has 0 saturated carbocycles. The van der Waals surface area contributed by atoms with E-state index in [-0.39, 0.29) is 18.9 Å². The summed E-state index contributed by atoms with van der Waals surface area (Å²) in [6, 6.07) is 19.9. The lowest BCUT2D eigenvalue weighted by molar-refractivity contribution is -0.142. The average molecular weight is 408 g/mol. The summed E-state index contributed by atoms with van der Waals surface area (Å²) in [6.45, 7) is 2.92. The first-order chi connectivity index (χ1) is 14.6. The van der Waals surface area contributed by atoms with Crippen LogP contribution in [0.5, 0.6) is 0 Å². The van der Waals surface area contributed by atoms with Crippen molar-refractivity contribution < 1.29 is 14.7 Å². The lowest BCUT2D eigenvalue weighted by Gasteiger charge is -2.41. The molecule has 0 radical (unpaired) electrons. The van der Waals surface area contributed by atoms with Crippen molar-refractivity contribution in [3.63, 3.8) is 0 Å². The summed E-state index contributed by atoms with van der Waals surface area (Å²) >= 11 is 0. The Hall–Kier alpha value is -2.70. The number of piperazine rings is 1. The number of amides is 1. The van der Waals surface area contributed by atoms with Gasteiger partial charge in [-0.1, -0.05) is 60.7 Å². The Morgan fingerprint density at radius 1 is 0.933 bits per heavy atom. The van der Waals surface area contributed by atoms with E-state index in [9.17, 15) is 14.7 Å². The Bertz CT molecular complexity index is 845. The third kappa shape index (κ3) is 5.07. The molecular formula is C24H29N3O3. The molecule has 2 N–H and O–H groups in total. The van der Waals surface area contributed by atoms with Crippen molar-refractivity contribution in [2.45, 2.75) is 43.9 Å². The number of fused-ring (bicyclic) bond motifs is 2. The van der Waals surface area contributed by atoms with Gasteiger partial charge in [0.15, 0.2) is 0 Å². The van der Waals surface area contributed by atoms with Gasteiger partial charge in [-0.2, -0.15) is 0 Å². The SMILES string of the molecule is O=C(CN1CC2CCC(C1)N2Cc1ccccc1)N[C@H](Cc1ccccc1)C(=O)O. The zero-order valence-electron chi connectivity index (χ0n) is 17.1. The van der Waals surface area contributed by atoms with E-state index in [1.807, 2.05) is 36.4 Å². The number of carbonyl (C=O) groups is 2. The number of rotatable bonds is 8. The summed E-state index contributed by atoms with van der Waals surface area (Å²) in [6.07, 6.45) is 2.60. The molecule has 30 heavy (non-hydrogen) atoms. The first-order valence-corrected chi connectivity index (χ1v) is 10.7. The standard InChI is InChI=1S/C24H29N3O3/c28-23(25-22(24(29)30)13-18-7-3-1-4-8-18)17-26-15-20-11-12-21(16-26)27(20)14-19-9-5-2-6-10-19/h1-10,20-22H,11-17H2,(H,25,28)(H,29,30)/t20?,21?,22-/m1/s1. The molecule has 2 saturated heterocycles. The highest BCUT2D eigenvalue weighted by atomic mass is 16.4. The van der Waals surface area contributed by atoms with Gasteiger partial charge in [0.25, 0.3) is 0 Å². The largest absolute Gasteiger partial charge is 0.480 e. The average Bonchev–Trinajstić information content (AvgIpc) is 2.97. The van der Waals surface area contributed by atoms with Crippen molar-refractivity contribution >= 4 is 11.9 Å². The van der Waals surface area contributed by atoms with Gasteiger partial charge in [0.1, 0.15) is 6.04 Å². The number of benzene rings is 2. The van der Waals surface area contributed by atoms with Crippen LogP contribution in [0.1, 0.15) is 24.0 Å². The maximum Gasteiger partial charge on any atom is 0.326 e. The summed E-state index contributed by atoms with van der Waals surface area (Å²) in [5.41, 5.74) is 2.23. The number of carboxylic acids is 1. The first kappa shape index (κ1) is 20.6. The van der Waals surface area contributed by atoms with E-state index in [0.29, 0.717) is 12.1 Å². The van der Waals surface area contributed by atoms with Crippen LogP contribution in [0.3, 0.4) is 0 Å². The fourth-order valence-electron chi connectivity index (χ4n) is 4.75. The fraction of sp³-hybridized carbons (Fsp3) is 0.417. The molecule has 3 atom stereocenters. The highest BCUT2D eigenvalue weighted by Gasteiger charge is 2.40. The topological polar surface area (TPSA) is 72.9 Å². The van der Waals surface area contributed by atoms with Gasteiger partial charge in [-0.15, -0.1) is 0 Å². The van der Waals surface area contributed by atoms with Crippen LogP contribution in [0, 0.1) is 0 Å². The van der Waals surface area contributed by atoms with E-state index >= 15 is 0 Å². The molecule has 158 valence electrons. The highest BCUT2D eigenvalue weighted by Crippen LogP contribution is 2.31. The second-order valence-electron chi connectivity index (χ2n) is 8.39. The predicted molar refractivity (Wildman–Crippen MR) is 115 cm³/mol. The Kier molecular flexibility index (Phi) is 6.45. The van der Waals surface area contributed by atoms with Crippen LogP contribution in [0.2, 0.25) is 0 Å². The molecular weight excluding hydrogens is 378 g/mol. The smallest absolute Gasteiger partial charge is 0.326 e. The Morgan fingerprint density at radius 3 is 2.07 bits per heavy atom. The minimum absolute atomic E-state index is 0.214. The van der Waals surface area contributed by atoms with E-state index in [0.717, 1.165) is 38.0 Å². The van der Waals surface area contributed by atoms with Gasteiger partial charge in [0.05, 0.1) is 6.54 Å². The predicted octanol–water partition coefficient (Wildman–Crippen LogP) is 2.15. The third-order valence-electron chi connectivity index (χ3n) is 6.20. The van der Waals surface area contributed by atoms with Crippen LogP contribution in [-0.4, -0.2) is 64.5 Å². The Morgan fingerprint density at radius 2 is 1.50 bits per heavy atom. The fourth-order valence-corrected chi connectivity index (χ4v) is 4.75. The maximum atomic E-state index is 12.6. The zero-order chi connectivity index (χ0) is 20.9. The quantitative estimate of drug-likeness (QED) is 0.702. The van der Waals surface area contributed by atoms with Gasteiger partial charge >= 0.3 is 5.97 Å². The minimum Gasteiger partial charge on any atom is -0.480 e. The van der Waals surface area contributed by atoms with E-state index in [1.165, 1.54) is 5.56 Å². The molecule has 4 rings (SSSR count). The molecule has 2 aliphatic rings. The van der Waals surface area contributed by atoms with E-state index in [4.69, 9.17) is 0 Å². The molecule has 2 bridgehead atoms. The molecule has 0 aromatic heterocycles. The lowest BCUT2D eigenvalue weighted by atomic mass is 10.1. The van der Waals surface area contributed by atoms with Crippen LogP contribution in [0.15, 0.2) is 60.7 Å². The lowest BCUT2D eigenvalue weighted by Crippen LogP contribution is -2.56. The molecule has 6 nitrogen and oxygen atoms in total. The van der Waals surface area contributed by atoms with Gasteiger partial charge in [0, 0.05) is 38.1 Å². The molecule has 2 aromatic rings. The zero-order valence-corrected chi connectivity index (χ0v) is 17.1. The van der Waals surface area contributed by atoms with Crippen molar-refractivity contribution in [1.82, 2.24) is 15.1 Å². The maximum absolute atomic E-state index is 12.6. The van der Waals surface area contributed by atoms with Gasteiger partial charge in [-0.25, -0.2) is 4.79 Å². The van der Waals surface area contributed by atoms with Crippen LogP contribution in [-0.2, 0) is 22.6 Å². The molecule has 2 unspecified atom stereocenters. The molecule has 2 aliphatic heterocycles. The summed E-state index contributed by atoms with van der Waals surface area (Å²) in [5, 5.41) is 12.2. The van der Waals surface area contributed by atoms with Crippen molar-refractivity contribution in [3.8, 4) is 0 Å². The number of nitrogens with zero attached hydrogens (tertiary/aromatic N) is 2. The van der Waals surface area contributed by atoms with Crippen LogP contribution in [0.25, 0.3) is 0 Å². The Labute approximate surface area is 177 Å². The van der Waals surface area contributed by atoms with Crippen molar-refractivity contribution in [1.29, 1.82) is 0 Å². The molecule has 0 aliphatic carbocycles. The molecule has 2 heterocycles. The van der Waals surface area contributed by atoms with E-state index < -0.39 is 12.0 Å². The van der Waals surface area contributed by atoms with E-state index in [1.54, 1.807) is 0 Å². The summed E-state index contributed by atoms with van der Waals surface area (Å²) < 4.78 is 0. The van der Waals surface area contributed by atoms with Crippen LogP contribution >= 0.6 is 0 Å². The van der Waals surface area contributed by atoms with E-state index in [2.05, 4.69) is 39.4 Å². The molecule has 0 spiro atoms. The molecule has 1 amide bonds. The minimum atomic E-state index is -1.00. The normalized spacial score (nSPS) is 22.5. The Balaban J connectivity index is 1.30. The number of carbonyl (C=O) groups excluding carboxylic acids is 1. The summed E-state index contributed by atoms with van der Waals surface area (Å²) in [5.74, 6) is -1.21. The number of nitrogens with one attached hydrogen (secondary N) is 1. The second-order valence-corrected chi connectivity index (χ2v) is 8.39. The van der Waals surface area contributed by atoms with Gasteiger partial charge < -0.3 is 10.4 Å². The number of hydrogen-bond donors (Lipinski definition) is 2. The van der Waals surface area contributed by atoms with Crippen molar-refractivity contribution in [3.05, 3.63) is 71.8 Å². The van der Waals surface area contributed by atoms with Gasteiger partial charge in [-0.3, -0.25) is 14.6 Å². The van der Waals surface area contributed by atoms with Crippen molar-refractivity contribution in [2.24, 2.45) is 0 Å². The molecule has 2 fully saturated rings. The van der Waals surface area contributed by atoms with Gasteiger partial charge in [-0.05, 0) is 24.0 Å². The number of carboxylic acid groups (broad SMARTS) is 1. The number of aliphatic carboxylic acids is 1.